The quantitative estimate of drug-likeness (QED) is 0.796. The van der Waals surface area contributed by atoms with Gasteiger partial charge in [-0.3, -0.25) is 4.79 Å². The highest BCUT2D eigenvalue weighted by Gasteiger charge is 2.32. The van der Waals surface area contributed by atoms with Crippen molar-refractivity contribution in [3.63, 3.8) is 0 Å². The van der Waals surface area contributed by atoms with Crippen molar-refractivity contribution in [2.45, 2.75) is 11.7 Å². The van der Waals surface area contributed by atoms with E-state index in [0.29, 0.717) is 25.1 Å². The summed E-state index contributed by atoms with van der Waals surface area (Å²) in [4.78, 5) is 13.5. The number of amides is 1. The molecule has 2 heterocycles. The molecular weight excluding hydrogens is 246 g/mol. The van der Waals surface area contributed by atoms with Crippen LogP contribution in [0.25, 0.3) is 0 Å². The second-order valence-corrected chi connectivity index (χ2v) is 7.11. The summed E-state index contributed by atoms with van der Waals surface area (Å²) in [7, 11) is -3.03. The number of hydrogen-bond acceptors (Lipinski definition) is 4. The minimum atomic E-state index is -3.03. The topological polar surface area (TPSA) is 54.5 Å². The smallest absolute Gasteiger partial charge is 0.254 e. The van der Waals surface area contributed by atoms with Gasteiger partial charge < -0.3 is 4.90 Å². The van der Waals surface area contributed by atoms with Crippen molar-refractivity contribution in [2.75, 3.05) is 19.3 Å². The Hall–Kier alpha value is -0.880. The van der Waals surface area contributed by atoms with E-state index in [1.807, 2.05) is 5.38 Å². The Kier molecular flexibility index (Phi) is 3.03. The molecule has 1 saturated heterocycles. The zero-order chi connectivity index (χ0) is 11.8. The van der Waals surface area contributed by atoms with Crippen molar-refractivity contribution < 1.29 is 13.2 Å². The molecule has 0 radical (unpaired) electrons. The average Bonchev–Trinajstić information content (AvgIpc) is 2.87. The van der Waals surface area contributed by atoms with Crippen LogP contribution in [0.2, 0.25) is 0 Å². The number of sulfone groups is 1. The second kappa shape index (κ2) is 4.18. The van der Waals surface area contributed by atoms with Crippen molar-refractivity contribution in [2.24, 2.45) is 0 Å². The standard InChI is InChI=1S/C10H13NO3S2/c1-16(13,14)9-2-4-11(6-9)10(12)8-3-5-15-7-8/h3,5,7,9H,2,4,6H2,1H3/t9-/m1/s1. The van der Waals surface area contributed by atoms with Gasteiger partial charge in [0.25, 0.3) is 5.91 Å². The monoisotopic (exact) mass is 259 g/mol. The van der Waals surface area contributed by atoms with Gasteiger partial charge in [-0.25, -0.2) is 8.42 Å². The molecule has 0 saturated carbocycles. The van der Waals surface area contributed by atoms with E-state index in [4.69, 9.17) is 0 Å². The predicted octanol–water partition coefficient (Wildman–Crippen LogP) is 1.01. The van der Waals surface area contributed by atoms with Crippen LogP contribution in [-0.2, 0) is 9.84 Å². The summed E-state index contributed by atoms with van der Waals surface area (Å²) in [6, 6.07) is 1.76. The highest BCUT2D eigenvalue weighted by molar-refractivity contribution is 7.91. The van der Waals surface area contributed by atoms with Gasteiger partial charge in [0, 0.05) is 24.7 Å². The first-order valence-electron chi connectivity index (χ1n) is 4.99. The SMILES string of the molecule is CS(=O)(=O)[C@@H]1CCN(C(=O)c2ccsc2)C1. The molecule has 0 unspecified atom stereocenters. The van der Waals surface area contributed by atoms with Crippen LogP contribution in [0.3, 0.4) is 0 Å². The highest BCUT2D eigenvalue weighted by atomic mass is 32.2. The molecule has 1 aromatic rings. The Bertz CT molecular complexity index is 478. The summed E-state index contributed by atoms with van der Waals surface area (Å²) in [5.74, 6) is -0.0626. The van der Waals surface area contributed by atoms with Crippen molar-refractivity contribution in [3.05, 3.63) is 22.4 Å². The van der Waals surface area contributed by atoms with Gasteiger partial charge in [-0.05, 0) is 17.9 Å². The third kappa shape index (κ3) is 2.27. The molecule has 0 spiro atoms. The minimum absolute atomic E-state index is 0.0626. The predicted molar refractivity (Wildman–Crippen MR) is 63.5 cm³/mol. The lowest BCUT2D eigenvalue weighted by molar-refractivity contribution is 0.0794. The maximum absolute atomic E-state index is 11.9. The van der Waals surface area contributed by atoms with Crippen LogP contribution in [0.1, 0.15) is 16.8 Å². The molecule has 0 aliphatic carbocycles. The Labute approximate surface area is 98.8 Å². The van der Waals surface area contributed by atoms with Gasteiger partial charge in [0.15, 0.2) is 9.84 Å². The number of nitrogens with zero attached hydrogens (tertiary/aromatic N) is 1. The molecule has 0 N–H and O–H groups in total. The first-order valence-corrected chi connectivity index (χ1v) is 7.88. The van der Waals surface area contributed by atoms with Gasteiger partial charge in [-0.1, -0.05) is 0 Å². The van der Waals surface area contributed by atoms with E-state index in [9.17, 15) is 13.2 Å². The summed E-state index contributed by atoms with van der Waals surface area (Å²) in [6.07, 6.45) is 1.78. The molecule has 1 amide bonds. The van der Waals surface area contributed by atoms with Gasteiger partial charge in [-0.2, -0.15) is 11.3 Å². The summed E-state index contributed by atoms with van der Waals surface area (Å²) in [5.41, 5.74) is 0.652. The Morgan fingerprint density at radius 1 is 1.56 bits per heavy atom. The number of carbonyl (C=O) groups is 1. The zero-order valence-electron chi connectivity index (χ0n) is 8.92. The van der Waals surface area contributed by atoms with Gasteiger partial charge in [0.2, 0.25) is 0 Å². The molecule has 1 fully saturated rings. The fourth-order valence-corrected chi connectivity index (χ4v) is 3.44. The van der Waals surface area contributed by atoms with Gasteiger partial charge in [-0.15, -0.1) is 0 Å². The summed E-state index contributed by atoms with van der Waals surface area (Å²) < 4.78 is 22.7. The molecule has 1 aliphatic rings. The largest absolute Gasteiger partial charge is 0.337 e. The molecule has 4 nitrogen and oxygen atoms in total. The minimum Gasteiger partial charge on any atom is -0.337 e. The lowest BCUT2D eigenvalue weighted by Gasteiger charge is -2.15. The lowest BCUT2D eigenvalue weighted by atomic mass is 10.3. The first kappa shape index (κ1) is 11.6. The number of carbonyl (C=O) groups excluding carboxylic acids is 1. The van der Waals surface area contributed by atoms with E-state index in [0.717, 1.165) is 0 Å². The lowest BCUT2D eigenvalue weighted by Crippen LogP contribution is -2.31. The molecule has 2 rings (SSSR count). The molecule has 1 aliphatic heterocycles. The average molecular weight is 259 g/mol. The number of likely N-dealkylation sites (tertiary alicyclic amines) is 1. The molecule has 6 heteroatoms. The first-order chi connectivity index (χ1) is 7.48. The second-order valence-electron chi connectivity index (χ2n) is 4.00. The Morgan fingerprint density at radius 3 is 2.81 bits per heavy atom. The van der Waals surface area contributed by atoms with Crippen molar-refractivity contribution in [3.8, 4) is 0 Å². The molecule has 0 aromatic carbocycles. The fraction of sp³-hybridized carbons (Fsp3) is 0.500. The molecule has 1 aromatic heterocycles. The van der Waals surface area contributed by atoms with Crippen LogP contribution in [-0.4, -0.2) is 43.8 Å². The molecule has 16 heavy (non-hydrogen) atoms. The zero-order valence-corrected chi connectivity index (χ0v) is 10.6. The molecule has 0 bridgehead atoms. The molecular formula is C10H13NO3S2. The van der Waals surface area contributed by atoms with Crippen molar-refractivity contribution >= 4 is 27.1 Å². The van der Waals surface area contributed by atoms with E-state index in [-0.39, 0.29) is 5.91 Å². The van der Waals surface area contributed by atoms with E-state index in [1.54, 1.807) is 16.3 Å². The number of rotatable bonds is 2. The fourth-order valence-electron chi connectivity index (χ4n) is 1.83. The van der Waals surface area contributed by atoms with Gasteiger partial charge in [0.05, 0.1) is 10.8 Å². The Balaban J connectivity index is 2.08. The van der Waals surface area contributed by atoms with Gasteiger partial charge in [0.1, 0.15) is 0 Å². The van der Waals surface area contributed by atoms with E-state index in [1.165, 1.54) is 17.6 Å². The van der Waals surface area contributed by atoms with Crippen LogP contribution in [0, 0.1) is 0 Å². The van der Waals surface area contributed by atoms with Crippen LogP contribution >= 0.6 is 11.3 Å². The summed E-state index contributed by atoms with van der Waals surface area (Å²) in [6.45, 7) is 0.861. The molecule has 1 atom stereocenters. The third-order valence-corrected chi connectivity index (χ3v) is 5.08. The maximum atomic E-state index is 11.9. The number of thiophene rings is 1. The Morgan fingerprint density at radius 2 is 2.31 bits per heavy atom. The molecule has 88 valence electrons. The third-order valence-electron chi connectivity index (χ3n) is 2.81. The van der Waals surface area contributed by atoms with Crippen LogP contribution in [0.5, 0.6) is 0 Å². The van der Waals surface area contributed by atoms with E-state index in [2.05, 4.69) is 0 Å². The number of hydrogen-bond donors (Lipinski definition) is 0. The van der Waals surface area contributed by atoms with E-state index >= 15 is 0 Å². The van der Waals surface area contributed by atoms with Crippen molar-refractivity contribution in [1.82, 2.24) is 4.90 Å². The normalized spacial score (nSPS) is 21.3. The van der Waals surface area contributed by atoms with E-state index < -0.39 is 15.1 Å². The maximum Gasteiger partial charge on any atom is 0.254 e. The van der Waals surface area contributed by atoms with Gasteiger partial charge >= 0.3 is 0 Å². The van der Waals surface area contributed by atoms with Crippen molar-refractivity contribution in [1.29, 1.82) is 0 Å². The summed E-state index contributed by atoms with van der Waals surface area (Å²) >= 11 is 1.47. The van der Waals surface area contributed by atoms with Crippen LogP contribution in [0.15, 0.2) is 16.8 Å². The summed E-state index contributed by atoms with van der Waals surface area (Å²) in [5, 5.41) is 3.24. The van der Waals surface area contributed by atoms with Crippen LogP contribution < -0.4 is 0 Å². The van der Waals surface area contributed by atoms with Crippen LogP contribution in [0.4, 0.5) is 0 Å². The highest BCUT2D eigenvalue weighted by Crippen LogP contribution is 2.19.